The Bertz CT molecular complexity index is 1580. The van der Waals surface area contributed by atoms with Crippen LogP contribution in [0.2, 0.25) is 0 Å². The number of benzene rings is 2. The van der Waals surface area contributed by atoms with Gasteiger partial charge in [0.25, 0.3) is 5.56 Å². The van der Waals surface area contributed by atoms with Crippen molar-refractivity contribution in [2.45, 2.75) is 32.4 Å². The number of nitrogens with one attached hydrogen (secondary N) is 2. The van der Waals surface area contributed by atoms with Gasteiger partial charge in [0.1, 0.15) is 11.6 Å². The molecule has 0 spiro atoms. The first-order valence-corrected chi connectivity index (χ1v) is 13.0. The first-order chi connectivity index (χ1) is 16.4. The molecule has 2 unspecified atom stereocenters. The maximum atomic E-state index is 13.0. The maximum Gasteiger partial charge on any atom is 0.329 e. The number of methoxy groups -OCH3 is 1. The Morgan fingerprint density at radius 1 is 1.06 bits per heavy atom. The van der Waals surface area contributed by atoms with E-state index in [-0.39, 0.29) is 51.4 Å². The van der Waals surface area contributed by atoms with Crippen molar-refractivity contribution < 1.29 is 13.2 Å². The average molecular weight is 535 g/mol. The molecule has 4 rings (SSSR count). The number of fused-ring (bicyclic) bond motifs is 1. The van der Waals surface area contributed by atoms with Gasteiger partial charge in [-0.25, -0.2) is 13.2 Å². The second-order valence-corrected chi connectivity index (χ2v) is 11.6. The van der Waals surface area contributed by atoms with E-state index in [2.05, 4.69) is 9.71 Å². The summed E-state index contributed by atoms with van der Waals surface area (Å²) in [4.78, 5) is 27.1. The predicted octanol–water partition coefficient (Wildman–Crippen LogP) is 3.09. The van der Waals surface area contributed by atoms with Gasteiger partial charge in [0.2, 0.25) is 10.0 Å². The van der Waals surface area contributed by atoms with Crippen molar-refractivity contribution in [2.75, 3.05) is 18.1 Å². The summed E-state index contributed by atoms with van der Waals surface area (Å²) in [5, 5.41) is 1.80. The fraction of sp³-hybridized carbons (Fsp3) is 0.308. The summed E-state index contributed by atoms with van der Waals surface area (Å²) in [6.45, 7) is 6.08. The number of nitrogens with zero attached hydrogens (tertiary/aromatic N) is 1. The quantitative estimate of drug-likeness (QED) is 0.489. The summed E-state index contributed by atoms with van der Waals surface area (Å²) in [7, 11) is -1.76. The second kappa shape index (κ2) is 10.5. The minimum absolute atomic E-state index is 0. The SMILES string of the molecule is COC1C(c2ccc3cc(NS(C)(=O)=O)ccc3c2)=CC=CC1(n1ccc(=O)[nH]c1=O)C(C)(C)C.[K]. The summed E-state index contributed by atoms with van der Waals surface area (Å²) < 4.78 is 33.3. The number of rotatable bonds is 5. The summed E-state index contributed by atoms with van der Waals surface area (Å²) in [5.41, 5.74) is -0.0949. The topological polar surface area (TPSA) is 110 Å². The van der Waals surface area contributed by atoms with Crippen LogP contribution in [0.1, 0.15) is 26.3 Å². The zero-order valence-corrected chi connectivity index (χ0v) is 25.3. The van der Waals surface area contributed by atoms with Crippen molar-refractivity contribution >= 4 is 83.4 Å². The monoisotopic (exact) mass is 534 g/mol. The number of hydrogen-bond donors (Lipinski definition) is 2. The Labute approximate surface area is 252 Å². The van der Waals surface area contributed by atoms with Crippen molar-refractivity contribution in [1.82, 2.24) is 9.55 Å². The minimum atomic E-state index is -3.37. The molecule has 0 saturated heterocycles. The number of allylic oxidation sites excluding steroid dienone is 2. The summed E-state index contributed by atoms with van der Waals surface area (Å²) in [6.07, 6.45) is 7.92. The molecule has 3 aromatic rings. The normalized spacial score (nSPS) is 20.0. The fourth-order valence-electron chi connectivity index (χ4n) is 4.89. The molecule has 1 aliphatic carbocycles. The van der Waals surface area contributed by atoms with Gasteiger partial charge >= 0.3 is 5.69 Å². The number of aromatic amines is 1. The Kier molecular flexibility index (Phi) is 8.41. The minimum Gasteiger partial charge on any atom is -0.374 e. The van der Waals surface area contributed by atoms with Gasteiger partial charge in [0, 0.05) is 76.4 Å². The Balaban J connectivity index is 0.00000361. The molecule has 0 fully saturated rings. The zero-order valence-electron chi connectivity index (χ0n) is 21.3. The van der Waals surface area contributed by atoms with Gasteiger partial charge in [-0.05, 0) is 45.5 Å². The van der Waals surface area contributed by atoms with Gasteiger partial charge in [-0.3, -0.25) is 19.1 Å². The van der Waals surface area contributed by atoms with Gasteiger partial charge in [0.05, 0.1) is 6.26 Å². The van der Waals surface area contributed by atoms with E-state index in [0.717, 1.165) is 28.2 Å². The van der Waals surface area contributed by atoms with E-state index in [0.29, 0.717) is 5.69 Å². The second-order valence-electron chi connectivity index (χ2n) is 9.80. The first kappa shape index (κ1) is 28.8. The van der Waals surface area contributed by atoms with Crippen LogP contribution < -0.4 is 16.0 Å². The van der Waals surface area contributed by atoms with Gasteiger partial charge in [0.15, 0.2) is 0 Å². The van der Waals surface area contributed by atoms with Crippen LogP contribution in [-0.4, -0.2) is 88.8 Å². The number of sulfonamides is 1. The summed E-state index contributed by atoms with van der Waals surface area (Å²) in [5.74, 6) is 0. The van der Waals surface area contributed by atoms with Crippen LogP contribution in [0.15, 0.2) is 76.5 Å². The molecule has 1 aromatic heterocycles. The summed E-state index contributed by atoms with van der Waals surface area (Å²) >= 11 is 0. The van der Waals surface area contributed by atoms with Crippen LogP contribution in [0, 0.1) is 5.41 Å². The average Bonchev–Trinajstić information content (AvgIpc) is 2.76. The van der Waals surface area contributed by atoms with Crippen LogP contribution in [0.5, 0.6) is 0 Å². The number of anilines is 1. The van der Waals surface area contributed by atoms with Crippen LogP contribution in [0.3, 0.4) is 0 Å². The fourth-order valence-corrected chi connectivity index (χ4v) is 5.44. The van der Waals surface area contributed by atoms with Crippen LogP contribution in [-0.2, 0) is 20.3 Å². The Morgan fingerprint density at radius 3 is 2.33 bits per heavy atom. The van der Waals surface area contributed by atoms with Crippen molar-refractivity contribution in [2.24, 2.45) is 5.41 Å². The summed E-state index contributed by atoms with van der Waals surface area (Å²) in [6, 6.07) is 12.6. The zero-order chi connectivity index (χ0) is 25.6. The molecule has 0 bridgehead atoms. The third-order valence-corrected chi connectivity index (χ3v) is 7.05. The molecule has 36 heavy (non-hydrogen) atoms. The van der Waals surface area contributed by atoms with E-state index < -0.39 is 38.3 Å². The predicted molar refractivity (Wildman–Crippen MR) is 145 cm³/mol. The van der Waals surface area contributed by atoms with E-state index in [1.165, 1.54) is 16.8 Å². The van der Waals surface area contributed by atoms with E-state index in [1.54, 1.807) is 19.2 Å². The number of ether oxygens (including phenoxy) is 1. The smallest absolute Gasteiger partial charge is 0.329 e. The molecule has 2 aromatic carbocycles. The molecule has 8 nitrogen and oxygen atoms in total. The van der Waals surface area contributed by atoms with Crippen LogP contribution in [0.4, 0.5) is 5.69 Å². The van der Waals surface area contributed by atoms with E-state index in [1.807, 2.05) is 63.3 Å². The number of H-pyrrole nitrogens is 1. The van der Waals surface area contributed by atoms with Crippen LogP contribution >= 0.6 is 0 Å². The van der Waals surface area contributed by atoms with Crippen LogP contribution in [0.25, 0.3) is 16.3 Å². The van der Waals surface area contributed by atoms with E-state index in [4.69, 9.17) is 4.74 Å². The van der Waals surface area contributed by atoms with E-state index >= 15 is 0 Å². The van der Waals surface area contributed by atoms with Gasteiger partial charge in [-0.15, -0.1) is 0 Å². The third-order valence-electron chi connectivity index (χ3n) is 6.44. The molecule has 185 valence electrons. The van der Waals surface area contributed by atoms with Gasteiger partial charge in [-0.1, -0.05) is 57.2 Å². The molecular formula is C26H29KN3O5S. The molecule has 0 saturated carbocycles. The van der Waals surface area contributed by atoms with E-state index in [9.17, 15) is 18.0 Å². The van der Waals surface area contributed by atoms with Gasteiger partial charge < -0.3 is 4.74 Å². The Morgan fingerprint density at radius 2 is 1.72 bits per heavy atom. The van der Waals surface area contributed by atoms with Crippen molar-refractivity contribution in [3.63, 3.8) is 0 Å². The van der Waals surface area contributed by atoms with Crippen molar-refractivity contribution in [3.8, 4) is 0 Å². The largest absolute Gasteiger partial charge is 0.374 e. The molecule has 2 atom stereocenters. The molecule has 1 aliphatic rings. The standard InChI is InChI=1S/C26H29N3O5S.K/c1-25(2,3)26(29-14-12-22(30)27-24(29)31)13-6-7-21(23(26)34-4)19-9-8-18-16-20(28-35(5,32)33)11-10-17(18)15-19;/h6-16,23,28H,1-5H3,(H,27,30,31);. The Hall–Kier alpha value is -1.79. The van der Waals surface area contributed by atoms with Crippen molar-refractivity contribution in [3.05, 3.63) is 93.3 Å². The first-order valence-electron chi connectivity index (χ1n) is 11.1. The van der Waals surface area contributed by atoms with Gasteiger partial charge in [-0.2, -0.15) is 0 Å². The number of hydrogen-bond acceptors (Lipinski definition) is 5. The molecule has 0 aliphatic heterocycles. The molecule has 1 radical (unpaired) electrons. The molecule has 1 heterocycles. The maximum absolute atomic E-state index is 13.0. The molecular weight excluding hydrogens is 505 g/mol. The van der Waals surface area contributed by atoms with Crippen molar-refractivity contribution in [1.29, 1.82) is 0 Å². The third kappa shape index (κ3) is 5.40. The molecule has 10 heteroatoms. The molecule has 2 N–H and O–H groups in total. The molecule has 0 amide bonds. The number of aromatic nitrogens is 2.